The predicted octanol–water partition coefficient (Wildman–Crippen LogP) is 5.06. The molecule has 27 heavy (non-hydrogen) atoms. The van der Waals surface area contributed by atoms with Crippen molar-refractivity contribution in [3.63, 3.8) is 0 Å². The van der Waals surface area contributed by atoms with Crippen molar-refractivity contribution in [3.8, 4) is 0 Å². The number of halogens is 1. The Morgan fingerprint density at radius 2 is 2.00 bits per heavy atom. The van der Waals surface area contributed by atoms with Gasteiger partial charge in [-0.1, -0.05) is 24.3 Å². The largest absolute Gasteiger partial charge is 0.380 e. The van der Waals surface area contributed by atoms with Gasteiger partial charge < -0.3 is 21.0 Å². The van der Waals surface area contributed by atoms with Gasteiger partial charge in [-0.3, -0.25) is 0 Å². The summed E-state index contributed by atoms with van der Waals surface area (Å²) < 4.78 is 13.8. The van der Waals surface area contributed by atoms with Crippen LogP contribution in [0.3, 0.4) is 0 Å². The molecule has 0 saturated carbocycles. The first kappa shape index (κ1) is 16.8. The van der Waals surface area contributed by atoms with Gasteiger partial charge in [-0.25, -0.2) is 9.37 Å². The van der Waals surface area contributed by atoms with Crippen LogP contribution in [0.15, 0.2) is 67.0 Å². The molecule has 2 aromatic heterocycles. The maximum Gasteiger partial charge on any atom is 0.132 e. The van der Waals surface area contributed by atoms with Crippen LogP contribution in [-0.2, 0) is 6.54 Å². The van der Waals surface area contributed by atoms with Gasteiger partial charge in [0.2, 0.25) is 0 Å². The van der Waals surface area contributed by atoms with E-state index < -0.39 is 0 Å². The van der Waals surface area contributed by atoms with Crippen LogP contribution in [0.25, 0.3) is 10.9 Å². The average Bonchev–Trinajstić information content (AvgIpc) is 3.15. The van der Waals surface area contributed by atoms with Crippen LogP contribution in [0.1, 0.15) is 11.1 Å². The van der Waals surface area contributed by atoms with Crippen molar-refractivity contribution in [2.75, 3.05) is 10.6 Å². The fourth-order valence-corrected chi connectivity index (χ4v) is 2.91. The van der Waals surface area contributed by atoms with Crippen molar-refractivity contribution in [1.29, 1.82) is 5.41 Å². The number of pyridine rings is 1. The van der Waals surface area contributed by atoms with Crippen LogP contribution in [0.5, 0.6) is 0 Å². The molecule has 0 amide bonds. The smallest absolute Gasteiger partial charge is 0.132 e. The molecule has 0 atom stereocenters. The Morgan fingerprint density at radius 1 is 1.11 bits per heavy atom. The molecule has 0 aliphatic rings. The molecular formula is C21H18FN5. The average molecular weight is 359 g/mol. The van der Waals surface area contributed by atoms with Gasteiger partial charge in [-0.2, -0.15) is 0 Å². The lowest BCUT2D eigenvalue weighted by Crippen LogP contribution is -2.05. The van der Waals surface area contributed by atoms with Crippen LogP contribution < -0.4 is 10.6 Å². The molecule has 5 nitrogen and oxygen atoms in total. The second-order valence-corrected chi connectivity index (χ2v) is 6.15. The van der Waals surface area contributed by atoms with E-state index >= 15 is 0 Å². The SMILES string of the molecule is N=Cc1cnc(Nc2ccc3cc[nH]c3c2)cc1NCc1ccccc1F. The van der Waals surface area contributed by atoms with Gasteiger partial charge in [0, 0.05) is 59.2 Å². The minimum atomic E-state index is -0.256. The zero-order valence-electron chi connectivity index (χ0n) is 14.5. The normalized spacial score (nSPS) is 10.7. The Balaban J connectivity index is 1.56. The number of aromatic amines is 1. The number of fused-ring (bicyclic) bond motifs is 1. The number of nitrogens with one attached hydrogen (secondary N) is 4. The monoisotopic (exact) mass is 359 g/mol. The van der Waals surface area contributed by atoms with E-state index in [1.807, 2.05) is 36.5 Å². The first-order valence-corrected chi connectivity index (χ1v) is 8.55. The second-order valence-electron chi connectivity index (χ2n) is 6.15. The first-order valence-electron chi connectivity index (χ1n) is 8.55. The molecule has 0 aliphatic carbocycles. The topological polar surface area (TPSA) is 76.6 Å². The van der Waals surface area contributed by atoms with Crippen molar-refractivity contribution in [2.45, 2.75) is 6.54 Å². The molecule has 6 heteroatoms. The van der Waals surface area contributed by atoms with Crippen LogP contribution in [0, 0.1) is 11.2 Å². The molecule has 2 aromatic carbocycles. The highest BCUT2D eigenvalue weighted by molar-refractivity contribution is 5.87. The molecule has 0 spiro atoms. The molecule has 0 unspecified atom stereocenters. The number of rotatable bonds is 6. The van der Waals surface area contributed by atoms with Gasteiger partial charge in [-0.15, -0.1) is 0 Å². The lowest BCUT2D eigenvalue weighted by atomic mass is 10.2. The third-order valence-electron chi connectivity index (χ3n) is 4.34. The van der Waals surface area contributed by atoms with E-state index in [1.165, 1.54) is 12.3 Å². The highest BCUT2D eigenvalue weighted by atomic mass is 19.1. The quantitative estimate of drug-likeness (QED) is 0.364. The lowest BCUT2D eigenvalue weighted by Gasteiger charge is -2.13. The Bertz CT molecular complexity index is 1100. The number of hydrogen-bond donors (Lipinski definition) is 4. The van der Waals surface area contributed by atoms with Crippen LogP contribution in [0.4, 0.5) is 21.6 Å². The van der Waals surface area contributed by atoms with Crippen molar-refractivity contribution < 1.29 is 4.39 Å². The molecule has 4 aromatic rings. The first-order chi connectivity index (χ1) is 13.2. The Kier molecular flexibility index (Phi) is 4.53. The molecular weight excluding hydrogens is 341 g/mol. The predicted molar refractivity (Wildman–Crippen MR) is 107 cm³/mol. The highest BCUT2D eigenvalue weighted by Gasteiger charge is 2.07. The minimum Gasteiger partial charge on any atom is -0.380 e. The van der Waals surface area contributed by atoms with E-state index in [-0.39, 0.29) is 5.82 Å². The fraction of sp³-hybridized carbons (Fsp3) is 0.0476. The summed E-state index contributed by atoms with van der Waals surface area (Å²) in [5.74, 6) is 0.385. The summed E-state index contributed by atoms with van der Waals surface area (Å²) in [7, 11) is 0. The number of benzene rings is 2. The summed E-state index contributed by atoms with van der Waals surface area (Å²) in [6.45, 7) is 0.325. The summed E-state index contributed by atoms with van der Waals surface area (Å²) in [5.41, 5.74) is 3.86. The van der Waals surface area contributed by atoms with Crippen molar-refractivity contribution in [1.82, 2.24) is 9.97 Å². The molecule has 2 heterocycles. The van der Waals surface area contributed by atoms with E-state index in [2.05, 4.69) is 20.6 Å². The van der Waals surface area contributed by atoms with E-state index in [1.54, 1.807) is 24.4 Å². The van der Waals surface area contributed by atoms with E-state index in [0.29, 0.717) is 29.2 Å². The van der Waals surface area contributed by atoms with Gasteiger partial charge in [-0.05, 0) is 29.7 Å². The molecule has 0 fully saturated rings. The Hall–Kier alpha value is -3.67. The lowest BCUT2D eigenvalue weighted by molar-refractivity contribution is 0.613. The van der Waals surface area contributed by atoms with Crippen molar-refractivity contribution in [2.24, 2.45) is 0 Å². The number of hydrogen-bond acceptors (Lipinski definition) is 4. The van der Waals surface area contributed by atoms with Gasteiger partial charge in [0.05, 0.1) is 0 Å². The number of nitrogens with zero attached hydrogens (tertiary/aromatic N) is 1. The molecule has 4 N–H and O–H groups in total. The van der Waals surface area contributed by atoms with Gasteiger partial charge in [0.1, 0.15) is 11.6 Å². The number of H-pyrrole nitrogens is 1. The zero-order valence-corrected chi connectivity index (χ0v) is 14.5. The molecule has 0 radical (unpaired) electrons. The van der Waals surface area contributed by atoms with E-state index in [0.717, 1.165) is 16.6 Å². The van der Waals surface area contributed by atoms with Crippen LogP contribution in [0.2, 0.25) is 0 Å². The van der Waals surface area contributed by atoms with Gasteiger partial charge >= 0.3 is 0 Å². The maximum atomic E-state index is 13.8. The van der Waals surface area contributed by atoms with Crippen molar-refractivity contribution >= 4 is 34.3 Å². The minimum absolute atomic E-state index is 0.256. The van der Waals surface area contributed by atoms with Crippen molar-refractivity contribution in [3.05, 3.63) is 83.9 Å². The molecule has 134 valence electrons. The van der Waals surface area contributed by atoms with Crippen LogP contribution >= 0.6 is 0 Å². The van der Waals surface area contributed by atoms with Gasteiger partial charge in [0.25, 0.3) is 0 Å². The van der Waals surface area contributed by atoms with Gasteiger partial charge in [0.15, 0.2) is 0 Å². The van der Waals surface area contributed by atoms with Crippen LogP contribution in [-0.4, -0.2) is 16.2 Å². The van der Waals surface area contributed by atoms with E-state index in [9.17, 15) is 4.39 Å². The Labute approximate surface area is 155 Å². The summed E-state index contributed by atoms with van der Waals surface area (Å²) in [6.07, 6.45) is 4.74. The summed E-state index contributed by atoms with van der Waals surface area (Å²) in [4.78, 5) is 7.54. The van der Waals surface area contributed by atoms with E-state index in [4.69, 9.17) is 5.41 Å². The molecule has 0 saturated heterocycles. The maximum absolute atomic E-state index is 13.8. The summed E-state index contributed by atoms with van der Waals surface area (Å²) >= 11 is 0. The highest BCUT2D eigenvalue weighted by Crippen LogP contribution is 2.24. The third kappa shape index (κ3) is 3.64. The zero-order chi connectivity index (χ0) is 18.6. The third-order valence-corrected chi connectivity index (χ3v) is 4.34. The standard InChI is InChI=1S/C21H18FN5/c22-18-4-2-1-3-15(18)12-25-20-10-21(26-13-16(20)11-23)27-17-6-5-14-7-8-24-19(14)9-17/h1-11,13,23-24H,12H2,(H2,25,26,27). The fourth-order valence-electron chi connectivity index (χ4n) is 2.91. The number of aromatic nitrogens is 2. The molecule has 4 rings (SSSR count). The Morgan fingerprint density at radius 3 is 2.85 bits per heavy atom. The summed E-state index contributed by atoms with van der Waals surface area (Å²) in [6, 6.07) is 16.5. The molecule has 0 aliphatic heterocycles. The second kappa shape index (κ2) is 7.29. The summed E-state index contributed by atoms with van der Waals surface area (Å²) in [5, 5.41) is 15.2. The molecule has 0 bridgehead atoms. The number of anilines is 3.